The summed E-state index contributed by atoms with van der Waals surface area (Å²) in [6.07, 6.45) is 14.0. The van der Waals surface area contributed by atoms with Crippen LogP contribution < -0.4 is 0 Å². The molecule has 1 unspecified atom stereocenters. The number of fused-ring (bicyclic) bond motifs is 1. The minimum atomic E-state index is 0.885. The van der Waals surface area contributed by atoms with Crippen LogP contribution >= 0.6 is 11.3 Å². The molecule has 0 radical (unpaired) electrons. The molecule has 1 heterocycles. The van der Waals surface area contributed by atoms with E-state index in [1.165, 1.54) is 69.8 Å². The van der Waals surface area contributed by atoms with E-state index in [2.05, 4.69) is 33.1 Å². The summed E-state index contributed by atoms with van der Waals surface area (Å²) < 4.78 is 0. The van der Waals surface area contributed by atoms with Crippen molar-refractivity contribution in [3.05, 3.63) is 21.4 Å². The Kier molecular flexibility index (Phi) is 9.26. The molecule has 1 aromatic heterocycles. The van der Waals surface area contributed by atoms with Crippen LogP contribution in [0.1, 0.15) is 100 Å². The first-order valence-electron chi connectivity index (χ1n) is 8.81. The zero-order valence-electron chi connectivity index (χ0n) is 14.1. The molecule has 1 aliphatic carbocycles. The average molecular weight is 295 g/mol. The Morgan fingerprint density at radius 1 is 1.00 bits per heavy atom. The average Bonchev–Trinajstić information content (AvgIpc) is 3.03. The summed E-state index contributed by atoms with van der Waals surface area (Å²) in [6, 6.07) is 0. The maximum atomic E-state index is 2.31. The van der Waals surface area contributed by atoms with E-state index in [0.29, 0.717) is 0 Å². The predicted octanol–water partition coefficient (Wildman–Crippen LogP) is 7.25. The van der Waals surface area contributed by atoms with Gasteiger partial charge in [-0.15, -0.1) is 11.3 Å². The van der Waals surface area contributed by atoms with Crippen LogP contribution in [-0.2, 0) is 6.42 Å². The van der Waals surface area contributed by atoms with Crippen molar-refractivity contribution >= 4 is 11.3 Å². The normalized spacial score (nSPS) is 16.7. The van der Waals surface area contributed by atoms with Gasteiger partial charge in [-0.25, -0.2) is 0 Å². The lowest BCUT2D eigenvalue weighted by Gasteiger charge is -2.06. The molecule has 0 aromatic carbocycles. The van der Waals surface area contributed by atoms with Gasteiger partial charge in [0.25, 0.3) is 0 Å². The third-order valence-electron chi connectivity index (χ3n) is 4.43. The third-order valence-corrected chi connectivity index (χ3v) is 5.61. The minimum absolute atomic E-state index is 0.885. The molecule has 116 valence electrons. The molecule has 0 amide bonds. The van der Waals surface area contributed by atoms with Gasteiger partial charge in [0.2, 0.25) is 0 Å². The molecule has 1 aliphatic rings. The molecule has 0 fully saturated rings. The second-order valence-electron chi connectivity index (χ2n) is 6.17. The lowest BCUT2D eigenvalue weighted by atomic mass is 9.98. The van der Waals surface area contributed by atoms with Crippen LogP contribution in [0.3, 0.4) is 0 Å². The van der Waals surface area contributed by atoms with Gasteiger partial charge >= 0.3 is 0 Å². The van der Waals surface area contributed by atoms with E-state index >= 15 is 0 Å². The van der Waals surface area contributed by atoms with Crippen LogP contribution in [-0.4, -0.2) is 0 Å². The molecule has 1 atom stereocenters. The van der Waals surface area contributed by atoms with E-state index < -0.39 is 0 Å². The Balaban J connectivity index is 0.000000206. The summed E-state index contributed by atoms with van der Waals surface area (Å²) >= 11 is 1.96. The molecule has 2 rings (SSSR count). The monoisotopic (exact) mass is 294 g/mol. The summed E-state index contributed by atoms with van der Waals surface area (Å²) in [6.45, 7) is 9.08. The van der Waals surface area contributed by atoms with Gasteiger partial charge < -0.3 is 0 Å². The lowest BCUT2D eigenvalue weighted by Crippen LogP contribution is -1.90. The number of hydrogen-bond acceptors (Lipinski definition) is 1. The summed E-state index contributed by atoms with van der Waals surface area (Å²) in [7, 11) is 0. The van der Waals surface area contributed by atoms with Gasteiger partial charge in [-0.2, -0.15) is 0 Å². The molecular formula is C19H34S. The first-order valence-corrected chi connectivity index (χ1v) is 9.69. The Labute approximate surface area is 131 Å². The molecule has 0 bridgehead atoms. The molecule has 0 N–H and O–H groups in total. The Hall–Kier alpha value is -0.300. The van der Waals surface area contributed by atoms with Gasteiger partial charge in [0.1, 0.15) is 0 Å². The molecule has 0 saturated carbocycles. The quantitative estimate of drug-likeness (QED) is 0.464. The topological polar surface area (TPSA) is 0 Å². The fourth-order valence-electron chi connectivity index (χ4n) is 3.14. The molecule has 1 heteroatoms. The summed E-state index contributed by atoms with van der Waals surface area (Å²) in [4.78, 5) is 1.66. The number of hydrogen-bond donors (Lipinski definition) is 0. The van der Waals surface area contributed by atoms with E-state index in [-0.39, 0.29) is 0 Å². The molecule has 0 saturated heterocycles. The Morgan fingerprint density at radius 2 is 1.60 bits per heavy atom. The summed E-state index contributed by atoms with van der Waals surface area (Å²) in [5.74, 6) is 0.885. The standard InChI is InChI=1S/C10H14S.C9H20/c1-3-8-4-5-9-10(8)7(2)6-11-9;1-3-5-7-9-8-6-4-2/h6,8H,3-5H2,1-2H3;3-9H2,1-2H3. The van der Waals surface area contributed by atoms with Crippen molar-refractivity contribution in [1.29, 1.82) is 0 Å². The highest BCUT2D eigenvalue weighted by atomic mass is 32.1. The molecule has 0 aliphatic heterocycles. The van der Waals surface area contributed by atoms with Crippen molar-refractivity contribution in [2.24, 2.45) is 0 Å². The van der Waals surface area contributed by atoms with Crippen LogP contribution in [0.4, 0.5) is 0 Å². The van der Waals surface area contributed by atoms with Crippen LogP contribution in [0, 0.1) is 6.92 Å². The largest absolute Gasteiger partial charge is 0.148 e. The number of unbranched alkanes of at least 4 members (excludes halogenated alkanes) is 6. The van der Waals surface area contributed by atoms with Gasteiger partial charge in [-0.05, 0) is 48.6 Å². The highest BCUT2D eigenvalue weighted by Crippen LogP contribution is 2.40. The van der Waals surface area contributed by atoms with Crippen molar-refractivity contribution in [2.75, 3.05) is 0 Å². The lowest BCUT2D eigenvalue weighted by molar-refractivity contribution is 0.602. The highest BCUT2D eigenvalue weighted by Gasteiger charge is 2.23. The Morgan fingerprint density at radius 3 is 2.15 bits per heavy atom. The van der Waals surface area contributed by atoms with Crippen molar-refractivity contribution in [3.8, 4) is 0 Å². The first-order chi connectivity index (χ1) is 9.74. The zero-order valence-corrected chi connectivity index (χ0v) is 15.0. The van der Waals surface area contributed by atoms with Crippen molar-refractivity contribution in [2.45, 2.75) is 97.8 Å². The van der Waals surface area contributed by atoms with Gasteiger partial charge in [0.15, 0.2) is 0 Å². The smallest absolute Gasteiger partial charge is 0.00829 e. The van der Waals surface area contributed by atoms with Gasteiger partial charge in [-0.1, -0.05) is 65.7 Å². The third kappa shape index (κ3) is 5.60. The molecule has 0 spiro atoms. The molecular weight excluding hydrogens is 260 g/mol. The highest BCUT2D eigenvalue weighted by molar-refractivity contribution is 7.10. The fourth-order valence-corrected chi connectivity index (χ4v) is 4.27. The fraction of sp³-hybridized carbons (Fsp3) is 0.789. The van der Waals surface area contributed by atoms with Crippen LogP contribution in [0.25, 0.3) is 0 Å². The second kappa shape index (κ2) is 10.4. The van der Waals surface area contributed by atoms with Crippen LogP contribution in [0.2, 0.25) is 0 Å². The predicted molar refractivity (Wildman–Crippen MR) is 94.1 cm³/mol. The van der Waals surface area contributed by atoms with Gasteiger partial charge in [0.05, 0.1) is 0 Å². The van der Waals surface area contributed by atoms with Gasteiger partial charge in [-0.3, -0.25) is 0 Å². The zero-order chi connectivity index (χ0) is 14.8. The van der Waals surface area contributed by atoms with Crippen molar-refractivity contribution in [1.82, 2.24) is 0 Å². The van der Waals surface area contributed by atoms with E-state index in [0.717, 1.165) is 5.92 Å². The van der Waals surface area contributed by atoms with E-state index in [9.17, 15) is 0 Å². The first kappa shape index (κ1) is 17.8. The van der Waals surface area contributed by atoms with Gasteiger partial charge in [0, 0.05) is 4.88 Å². The molecule has 0 nitrogen and oxygen atoms in total. The van der Waals surface area contributed by atoms with E-state index in [4.69, 9.17) is 0 Å². The van der Waals surface area contributed by atoms with E-state index in [1.807, 2.05) is 11.3 Å². The van der Waals surface area contributed by atoms with Crippen LogP contribution in [0.5, 0.6) is 0 Å². The van der Waals surface area contributed by atoms with Crippen molar-refractivity contribution < 1.29 is 0 Å². The summed E-state index contributed by atoms with van der Waals surface area (Å²) in [5.41, 5.74) is 3.23. The maximum Gasteiger partial charge on any atom is 0.00829 e. The number of thiophene rings is 1. The second-order valence-corrected chi connectivity index (χ2v) is 7.13. The number of rotatable bonds is 7. The van der Waals surface area contributed by atoms with Crippen LogP contribution in [0.15, 0.2) is 5.38 Å². The molecule has 1 aromatic rings. The maximum absolute atomic E-state index is 2.31. The number of aryl methyl sites for hydroxylation is 2. The summed E-state index contributed by atoms with van der Waals surface area (Å²) in [5, 5.41) is 2.31. The molecule has 20 heavy (non-hydrogen) atoms. The Bertz CT molecular complexity index is 345. The minimum Gasteiger partial charge on any atom is -0.148 e. The van der Waals surface area contributed by atoms with E-state index in [1.54, 1.807) is 10.4 Å². The SMILES string of the molecule is CCC1CCc2scc(C)c21.CCCCCCCCC. The van der Waals surface area contributed by atoms with Crippen molar-refractivity contribution in [3.63, 3.8) is 0 Å².